The minimum atomic E-state index is -0.861. The van der Waals surface area contributed by atoms with Crippen LogP contribution in [0, 0.1) is 0 Å². The summed E-state index contributed by atoms with van der Waals surface area (Å²) >= 11 is 4.70. The number of rotatable bonds is 3. The summed E-state index contributed by atoms with van der Waals surface area (Å²) in [6, 6.07) is 1.23. The van der Waals surface area contributed by atoms with Crippen LogP contribution in [0.25, 0.3) is 0 Å². The molecule has 0 fully saturated rings. The second kappa shape index (κ2) is 4.02. The number of carboxylic acid groups (broad SMARTS) is 1. The summed E-state index contributed by atoms with van der Waals surface area (Å²) in [7, 11) is 1.63. The molecule has 1 atom stereocenters. The summed E-state index contributed by atoms with van der Waals surface area (Å²) in [6.45, 7) is 0. The van der Waals surface area contributed by atoms with Crippen molar-refractivity contribution in [3.63, 3.8) is 0 Å². The van der Waals surface area contributed by atoms with Crippen molar-refractivity contribution in [2.45, 2.75) is 6.04 Å². The average Bonchev–Trinajstić information content (AvgIpc) is 2.38. The van der Waals surface area contributed by atoms with E-state index in [9.17, 15) is 4.79 Å². The summed E-state index contributed by atoms with van der Waals surface area (Å²) in [5.74, 6) is -0.861. The highest BCUT2D eigenvalue weighted by Gasteiger charge is 2.20. The zero-order valence-electron chi connectivity index (χ0n) is 6.37. The number of hydrogen-bond acceptors (Lipinski definition) is 3. The Morgan fingerprint density at radius 2 is 2.50 bits per heavy atom. The van der Waals surface area contributed by atoms with Crippen LogP contribution in [0.1, 0.15) is 10.9 Å². The molecule has 0 spiro atoms. The van der Waals surface area contributed by atoms with E-state index in [4.69, 9.17) is 5.11 Å². The van der Waals surface area contributed by atoms with E-state index in [-0.39, 0.29) is 0 Å². The number of thiophene rings is 1. The maximum atomic E-state index is 10.7. The van der Waals surface area contributed by atoms with Gasteiger partial charge in [0, 0.05) is 9.35 Å². The third-order valence-electron chi connectivity index (χ3n) is 1.44. The van der Waals surface area contributed by atoms with Crippen LogP contribution in [-0.2, 0) is 4.79 Å². The second-order valence-corrected chi connectivity index (χ2v) is 3.99. The highest BCUT2D eigenvalue weighted by molar-refractivity contribution is 9.10. The van der Waals surface area contributed by atoms with Gasteiger partial charge < -0.3 is 10.4 Å². The Balaban J connectivity index is 2.94. The van der Waals surface area contributed by atoms with Gasteiger partial charge in [0.25, 0.3) is 0 Å². The van der Waals surface area contributed by atoms with Gasteiger partial charge in [-0.15, -0.1) is 11.3 Å². The van der Waals surface area contributed by atoms with E-state index in [1.165, 1.54) is 11.3 Å². The third-order valence-corrected chi connectivity index (χ3v) is 3.38. The van der Waals surface area contributed by atoms with Gasteiger partial charge in [0.15, 0.2) is 0 Å². The van der Waals surface area contributed by atoms with Crippen molar-refractivity contribution in [3.05, 3.63) is 20.8 Å². The van der Waals surface area contributed by atoms with Crippen molar-refractivity contribution in [1.82, 2.24) is 5.32 Å². The highest BCUT2D eigenvalue weighted by Crippen LogP contribution is 2.28. The molecule has 0 bridgehead atoms. The Morgan fingerprint density at radius 1 is 1.83 bits per heavy atom. The number of carboxylic acids is 1. The summed E-state index contributed by atoms with van der Waals surface area (Å²) in [6.07, 6.45) is 0. The van der Waals surface area contributed by atoms with E-state index >= 15 is 0 Å². The Hall–Kier alpha value is -0.390. The van der Waals surface area contributed by atoms with Crippen molar-refractivity contribution in [3.8, 4) is 0 Å². The molecular formula is C7H8BrNO2S. The Kier molecular flexibility index (Phi) is 3.25. The molecule has 1 unspecified atom stereocenters. The molecule has 0 aliphatic rings. The summed E-state index contributed by atoms with van der Waals surface area (Å²) in [4.78, 5) is 11.5. The van der Waals surface area contributed by atoms with E-state index < -0.39 is 12.0 Å². The maximum absolute atomic E-state index is 10.7. The molecule has 3 nitrogen and oxygen atoms in total. The molecule has 1 aromatic heterocycles. The van der Waals surface area contributed by atoms with Crippen LogP contribution in [0.5, 0.6) is 0 Å². The first-order valence-electron chi connectivity index (χ1n) is 3.29. The van der Waals surface area contributed by atoms with Crippen molar-refractivity contribution >= 4 is 33.2 Å². The highest BCUT2D eigenvalue weighted by atomic mass is 79.9. The molecule has 2 N–H and O–H groups in total. The van der Waals surface area contributed by atoms with E-state index in [0.717, 1.165) is 9.35 Å². The lowest BCUT2D eigenvalue weighted by Gasteiger charge is -2.08. The third kappa shape index (κ3) is 1.85. The quantitative estimate of drug-likeness (QED) is 0.860. The van der Waals surface area contributed by atoms with E-state index in [1.807, 2.05) is 11.4 Å². The Labute approximate surface area is 82.5 Å². The van der Waals surface area contributed by atoms with Crippen molar-refractivity contribution in [2.75, 3.05) is 7.05 Å². The predicted octanol–water partition coefficient (Wildman–Crippen LogP) is 1.86. The fourth-order valence-electron chi connectivity index (χ4n) is 0.878. The predicted molar refractivity (Wildman–Crippen MR) is 51.5 cm³/mol. The first kappa shape index (κ1) is 9.70. The first-order chi connectivity index (χ1) is 5.66. The largest absolute Gasteiger partial charge is 0.480 e. The number of carbonyl (C=O) groups is 1. The van der Waals surface area contributed by atoms with Gasteiger partial charge in [0.2, 0.25) is 0 Å². The molecule has 1 heterocycles. The molecule has 0 saturated heterocycles. The van der Waals surface area contributed by atoms with E-state index in [0.29, 0.717) is 0 Å². The molecule has 1 aromatic rings. The minimum Gasteiger partial charge on any atom is -0.480 e. The molecule has 66 valence electrons. The molecular weight excluding hydrogens is 242 g/mol. The van der Waals surface area contributed by atoms with Crippen LogP contribution < -0.4 is 5.32 Å². The summed E-state index contributed by atoms with van der Waals surface area (Å²) in [5, 5.41) is 13.4. The molecule has 12 heavy (non-hydrogen) atoms. The lowest BCUT2D eigenvalue weighted by Crippen LogP contribution is -2.24. The Bertz CT molecular complexity index is 287. The van der Waals surface area contributed by atoms with Gasteiger partial charge in [-0.2, -0.15) is 0 Å². The molecule has 0 saturated carbocycles. The van der Waals surface area contributed by atoms with E-state index in [1.54, 1.807) is 7.05 Å². The van der Waals surface area contributed by atoms with Crippen molar-refractivity contribution in [1.29, 1.82) is 0 Å². The lowest BCUT2D eigenvalue weighted by molar-refractivity contribution is -0.139. The molecule has 0 amide bonds. The fraction of sp³-hybridized carbons (Fsp3) is 0.286. The SMILES string of the molecule is CNC(C(=O)O)c1sccc1Br. The first-order valence-corrected chi connectivity index (χ1v) is 4.97. The van der Waals surface area contributed by atoms with Gasteiger partial charge >= 0.3 is 5.97 Å². The van der Waals surface area contributed by atoms with Crippen LogP contribution >= 0.6 is 27.3 Å². The van der Waals surface area contributed by atoms with Crippen LogP contribution in [0.2, 0.25) is 0 Å². The lowest BCUT2D eigenvalue weighted by atomic mass is 10.2. The smallest absolute Gasteiger partial charge is 0.326 e. The van der Waals surface area contributed by atoms with Gasteiger partial charge in [0.1, 0.15) is 6.04 Å². The zero-order valence-corrected chi connectivity index (χ0v) is 8.78. The molecule has 0 aliphatic carbocycles. The Morgan fingerprint density at radius 3 is 2.83 bits per heavy atom. The molecule has 0 radical (unpaired) electrons. The number of aliphatic carboxylic acids is 1. The number of nitrogens with one attached hydrogen (secondary N) is 1. The van der Waals surface area contributed by atoms with Gasteiger partial charge in [-0.05, 0) is 34.4 Å². The summed E-state index contributed by atoms with van der Waals surface area (Å²) < 4.78 is 0.842. The van der Waals surface area contributed by atoms with Gasteiger partial charge in [-0.3, -0.25) is 4.79 Å². The minimum absolute atomic E-state index is 0.612. The maximum Gasteiger partial charge on any atom is 0.326 e. The van der Waals surface area contributed by atoms with Crippen LogP contribution in [-0.4, -0.2) is 18.1 Å². The number of halogens is 1. The standard InChI is InChI=1S/C7H8BrNO2S/c1-9-5(7(10)11)6-4(8)2-3-12-6/h2-3,5,9H,1H3,(H,10,11). The fourth-order valence-corrected chi connectivity index (χ4v) is 2.58. The number of hydrogen-bond donors (Lipinski definition) is 2. The molecule has 5 heteroatoms. The van der Waals surface area contributed by atoms with Gasteiger partial charge in [-0.1, -0.05) is 0 Å². The van der Waals surface area contributed by atoms with Crippen LogP contribution in [0.15, 0.2) is 15.9 Å². The molecule has 0 aliphatic heterocycles. The van der Waals surface area contributed by atoms with Gasteiger partial charge in [-0.25, -0.2) is 0 Å². The van der Waals surface area contributed by atoms with Crippen LogP contribution in [0.4, 0.5) is 0 Å². The second-order valence-electron chi connectivity index (χ2n) is 2.19. The topological polar surface area (TPSA) is 49.3 Å². The van der Waals surface area contributed by atoms with Gasteiger partial charge in [0.05, 0.1) is 0 Å². The monoisotopic (exact) mass is 249 g/mol. The normalized spacial score (nSPS) is 12.8. The van der Waals surface area contributed by atoms with Crippen molar-refractivity contribution < 1.29 is 9.90 Å². The zero-order chi connectivity index (χ0) is 9.14. The number of likely N-dealkylation sites (N-methyl/N-ethyl adjacent to an activating group) is 1. The molecule has 1 rings (SSSR count). The molecule has 0 aromatic carbocycles. The van der Waals surface area contributed by atoms with Crippen molar-refractivity contribution in [2.24, 2.45) is 0 Å². The van der Waals surface area contributed by atoms with Crippen LogP contribution in [0.3, 0.4) is 0 Å². The average molecular weight is 250 g/mol. The summed E-state index contributed by atoms with van der Waals surface area (Å²) in [5.41, 5.74) is 0. The van der Waals surface area contributed by atoms with E-state index in [2.05, 4.69) is 21.2 Å².